The van der Waals surface area contributed by atoms with Crippen molar-refractivity contribution < 1.29 is 118 Å². The minimum absolute atomic E-state index is 0.0433. The van der Waals surface area contributed by atoms with Crippen LogP contribution in [0.4, 0.5) is 0 Å². The summed E-state index contributed by atoms with van der Waals surface area (Å²) in [6, 6.07) is 0.542. The molecule has 0 aliphatic heterocycles. The third kappa shape index (κ3) is 57.8. The van der Waals surface area contributed by atoms with Crippen molar-refractivity contribution in [2.24, 2.45) is 0 Å². The van der Waals surface area contributed by atoms with Crippen LogP contribution in [0, 0.1) is 0 Å². The van der Waals surface area contributed by atoms with Gasteiger partial charge in [0.1, 0.15) is 46.2 Å². The molecule has 0 amide bonds. The standard InChI is InChI=1S/C19H34O9Si.C13H18O6.C10H14O6.C6H16O3Si.C3H6O/c1-6-26-29(27-7-2,28-8-3)15-9-12-23-17(20)10-11-18(21)24-13-14-25-19(22)16(4)5;1-4-7-17-11(14)5-6-12(15)18-8-9-19-13(16)10(2)3;1-7(2)10(14)16-6-5-15-9(13)4-3-8(11)12;1-4-7-10(8-5-2)9-6-3;1-2-3-4/h4,6-15H2,1-3,5H3;4H,1-2,5-9H2,3H3;1,3-6H2,2H3,(H,11,12);10H,4-6H2,1-3H3;2,4H,1,3H2. The second-order valence-corrected chi connectivity index (χ2v) is 19.0. The van der Waals surface area contributed by atoms with Gasteiger partial charge >= 0.3 is 72.1 Å². The van der Waals surface area contributed by atoms with Crippen LogP contribution in [-0.4, -0.2) is 181 Å². The molecule has 0 atom stereocenters. The van der Waals surface area contributed by atoms with Crippen LogP contribution >= 0.6 is 0 Å². The maximum atomic E-state index is 11.8. The molecule has 0 aromatic heterocycles. The maximum Gasteiger partial charge on any atom is 0.501 e. The topological polar surface area (TPSA) is 323 Å². The first-order valence-corrected chi connectivity index (χ1v) is 28.4. The van der Waals surface area contributed by atoms with Crippen LogP contribution in [0.25, 0.3) is 0 Å². The average molecular weight is 1160 g/mol. The molecular formula is C51H88O25Si2. The zero-order valence-corrected chi connectivity index (χ0v) is 49.5. The molecule has 25 nitrogen and oxygen atoms in total. The van der Waals surface area contributed by atoms with Crippen LogP contribution < -0.4 is 0 Å². The Morgan fingerprint density at radius 2 is 0.718 bits per heavy atom. The minimum Gasteiger partial charge on any atom is -0.481 e. The lowest BCUT2D eigenvalue weighted by Gasteiger charge is -2.28. The summed E-state index contributed by atoms with van der Waals surface area (Å²) in [5.41, 5.74) is 0.802. The molecule has 2 N–H and O–H groups in total. The van der Waals surface area contributed by atoms with E-state index in [-0.39, 0.29) is 115 Å². The first kappa shape index (κ1) is 80.9. The van der Waals surface area contributed by atoms with Crippen molar-refractivity contribution >= 4 is 72.1 Å². The number of aliphatic hydroxyl groups excluding tert-OH is 1. The van der Waals surface area contributed by atoms with Crippen molar-refractivity contribution in [3.63, 3.8) is 0 Å². The number of carboxylic acids is 1. The zero-order chi connectivity index (χ0) is 60.6. The van der Waals surface area contributed by atoms with Crippen molar-refractivity contribution in [1.82, 2.24) is 0 Å². The third-order valence-electron chi connectivity index (χ3n) is 7.78. The van der Waals surface area contributed by atoms with Crippen LogP contribution in [0.15, 0.2) is 61.8 Å². The van der Waals surface area contributed by atoms with E-state index in [0.29, 0.717) is 52.1 Å². The molecule has 0 unspecified atom stereocenters. The number of hydrogen-bond acceptors (Lipinski definition) is 24. The van der Waals surface area contributed by atoms with Gasteiger partial charge in [0.2, 0.25) is 0 Å². The minimum atomic E-state index is -2.74. The normalized spacial score (nSPS) is 9.99. The number of ether oxygens (including phenoxy) is 8. The van der Waals surface area contributed by atoms with Gasteiger partial charge in [-0.25, -0.2) is 14.4 Å². The van der Waals surface area contributed by atoms with Gasteiger partial charge in [0.25, 0.3) is 0 Å². The molecule has 0 saturated carbocycles. The van der Waals surface area contributed by atoms with Gasteiger partial charge in [-0.1, -0.05) is 38.5 Å². The van der Waals surface area contributed by atoms with Crippen molar-refractivity contribution in [2.45, 2.75) is 113 Å². The van der Waals surface area contributed by atoms with Crippen molar-refractivity contribution in [2.75, 3.05) is 99.1 Å². The number of hydrogen-bond donors (Lipinski definition) is 2. The van der Waals surface area contributed by atoms with Gasteiger partial charge in [-0.05, 0) is 68.7 Å². The Morgan fingerprint density at radius 3 is 0.974 bits per heavy atom. The van der Waals surface area contributed by atoms with E-state index in [9.17, 15) is 43.2 Å². The summed E-state index contributed by atoms with van der Waals surface area (Å²) in [5, 5.41) is 16.0. The largest absolute Gasteiger partial charge is 0.501 e. The summed E-state index contributed by atoms with van der Waals surface area (Å²) < 4.78 is 71.0. The SMILES string of the molecule is C=C(C)C(=O)OCCOC(=O)CCC(=O)O.C=C(C)C(=O)OCCOC(=O)CCC(=O)OCCC[Si](OCC)(OCC)OCC.C=CCO.C=CCOC(=O)CCC(=O)OCCOC(=O)C(=C)C.CCO[SiH](OCC)OCC. The summed E-state index contributed by atoms with van der Waals surface area (Å²) in [6.07, 6.45) is 2.61. The van der Waals surface area contributed by atoms with E-state index in [2.05, 4.69) is 47.1 Å². The van der Waals surface area contributed by atoms with E-state index in [0.717, 1.165) is 0 Å². The highest BCUT2D eigenvalue weighted by atomic mass is 28.4. The fraction of sp³-hybridized carbons (Fsp3) is 0.627. The van der Waals surface area contributed by atoms with Crippen LogP contribution in [0.2, 0.25) is 6.04 Å². The quantitative estimate of drug-likeness (QED) is 0.0202. The first-order chi connectivity index (χ1) is 37.0. The fourth-order valence-electron chi connectivity index (χ4n) is 4.40. The van der Waals surface area contributed by atoms with Gasteiger partial charge in [-0.15, -0.1) is 6.58 Å². The van der Waals surface area contributed by atoms with E-state index < -0.39 is 72.1 Å². The van der Waals surface area contributed by atoms with Gasteiger partial charge < -0.3 is 74.7 Å². The zero-order valence-electron chi connectivity index (χ0n) is 47.3. The smallest absolute Gasteiger partial charge is 0.481 e. The Bertz CT molecular complexity index is 1720. The predicted octanol–water partition coefficient (Wildman–Crippen LogP) is 5.06. The molecule has 0 fully saturated rings. The van der Waals surface area contributed by atoms with E-state index >= 15 is 0 Å². The van der Waals surface area contributed by atoms with Crippen LogP contribution in [0.5, 0.6) is 0 Å². The van der Waals surface area contributed by atoms with Gasteiger partial charge in [-0.3, -0.25) is 28.8 Å². The molecular weight excluding hydrogens is 1070 g/mol. The van der Waals surface area contributed by atoms with Gasteiger partial charge in [-0.2, -0.15) is 0 Å². The third-order valence-corrected chi connectivity index (χ3v) is 12.7. The Morgan fingerprint density at radius 1 is 0.436 bits per heavy atom. The number of aliphatic hydroxyl groups is 1. The Kier molecular flexibility index (Phi) is 59.4. The van der Waals surface area contributed by atoms with Crippen molar-refractivity contribution in [3.05, 3.63) is 61.8 Å². The average Bonchev–Trinajstić information content (AvgIpc) is 3.39. The summed E-state index contributed by atoms with van der Waals surface area (Å²) in [7, 11) is -4.48. The van der Waals surface area contributed by atoms with Crippen LogP contribution in [-0.2, 0) is 108 Å². The van der Waals surface area contributed by atoms with Gasteiger partial charge in [0, 0.05) is 62.4 Å². The van der Waals surface area contributed by atoms with Crippen LogP contribution in [0.1, 0.15) is 107 Å². The highest BCUT2D eigenvalue weighted by molar-refractivity contribution is 6.60. The molecule has 0 spiro atoms. The molecule has 0 radical (unpaired) electrons. The highest BCUT2D eigenvalue weighted by Crippen LogP contribution is 2.18. The lowest BCUT2D eigenvalue weighted by molar-refractivity contribution is -0.153. The molecule has 0 rings (SSSR count). The van der Waals surface area contributed by atoms with Crippen molar-refractivity contribution in [1.29, 1.82) is 0 Å². The first-order valence-electron chi connectivity index (χ1n) is 25.0. The molecule has 0 aromatic carbocycles. The lowest BCUT2D eigenvalue weighted by Crippen LogP contribution is -2.46. The molecule has 0 heterocycles. The Hall–Kier alpha value is -5.92. The van der Waals surface area contributed by atoms with E-state index in [1.165, 1.54) is 32.9 Å². The Balaban J connectivity index is -0.000000314. The highest BCUT2D eigenvalue weighted by Gasteiger charge is 2.39. The maximum absolute atomic E-state index is 11.8. The number of rotatable bonds is 40. The molecule has 27 heteroatoms. The fourth-order valence-corrected chi connectivity index (χ4v) is 8.08. The number of carbonyl (C=O) groups is 9. The molecule has 0 aromatic rings. The second-order valence-electron chi connectivity index (χ2n) is 14.7. The van der Waals surface area contributed by atoms with E-state index in [1.54, 1.807) is 0 Å². The van der Waals surface area contributed by atoms with Crippen LogP contribution in [0.3, 0.4) is 0 Å². The second kappa shape index (κ2) is 57.3. The monoisotopic (exact) mass is 1160 g/mol. The van der Waals surface area contributed by atoms with Gasteiger partial charge in [0.15, 0.2) is 0 Å². The summed E-state index contributed by atoms with van der Waals surface area (Å²) in [6.45, 7) is 36.3. The number of carbonyl (C=O) groups excluding carboxylic acids is 8. The molecule has 0 aliphatic rings. The summed E-state index contributed by atoms with van der Waals surface area (Å²) in [5.74, 6) is -5.44. The Labute approximate surface area is 462 Å². The molecule has 78 heavy (non-hydrogen) atoms. The summed E-state index contributed by atoms with van der Waals surface area (Å²) in [4.78, 5) is 99.5. The number of carboxylic acid groups (broad SMARTS) is 1. The van der Waals surface area contributed by atoms with Crippen molar-refractivity contribution in [3.8, 4) is 0 Å². The molecule has 0 saturated heterocycles. The molecule has 0 bridgehead atoms. The van der Waals surface area contributed by atoms with E-state index in [1.807, 2.05) is 41.5 Å². The van der Waals surface area contributed by atoms with E-state index in [4.69, 9.17) is 60.5 Å². The predicted molar refractivity (Wildman–Crippen MR) is 287 cm³/mol. The molecule has 0 aliphatic carbocycles. The van der Waals surface area contributed by atoms with Gasteiger partial charge in [0.05, 0.1) is 51.7 Å². The molecule has 450 valence electrons. The summed E-state index contributed by atoms with van der Waals surface area (Å²) >= 11 is 0. The number of esters is 8. The number of aliphatic carboxylic acids is 1. The lowest BCUT2D eigenvalue weighted by atomic mass is 10.3.